The summed E-state index contributed by atoms with van der Waals surface area (Å²) in [6, 6.07) is 48.8. The molecule has 4 atom stereocenters. The van der Waals surface area contributed by atoms with Crippen molar-refractivity contribution in [1.82, 2.24) is 0 Å². The van der Waals surface area contributed by atoms with Gasteiger partial charge in [0, 0.05) is 23.7 Å². The molecule has 0 amide bonds. The molecule has 0 N–H and O–H groups in total. The van der Waals surface area contributed by atoms with E-state index in [-0.39, 0.29) is 11.8 Å². The fraction of sp³-hybridized carbons (Fsp3) is 0.0833. The van der Waals surface area contributed by atoms with E-state index in [0.29, 0.717) is 11.8 Å². The van der Waals surface area contributed by atoms with Gasteiger partial charge in [0.2, 0.25) is 0 Å². The number of fused-ring (bicyclic) bond motifs is 3. The summed E-state index contributed by atoms with van der Waals surface area (Å²) >= 11 is 0. The first kappa shape index (κ1) is 28.5. The van der Waals surface area contributed by atoms with E-state index in [1.54, 1.807) is 0 Å². The summed E-state index contributed by atoms with van der Waals surface area (Å²) in [6.07, 6.45) is 23.7. The van der Waals surface area contributed by atoms with Crippen LogP contribution in [0.2, 0.25) is 0 Å². The molecule has 0 radical (unpaired) electrons. The van der Waals surface area contributed by atoms with Gasteiger partial charge in [-0.2, -0.15) is 0 Å². The molecule has 0 aliphatic heterocycles. The smallest absolute Gasteiger partial charge is 0.0143 e. The van der Waals surface area contributed by atoms with Gasteiger partial charge in [-0.15, -0.1) is 0 Å². The van der Waals surface area contributed by atoms with Crippen LogP contribution in [0, 0.1) is 23.7 Å². The average molecular weight is 613 g/mol. The van der Waals surface area contributed by atoms with Crippen LogP contribution in [0.4, 0.5) is 0 Å². The van der Waals surface area contributed by atoms with Crippen LogP contribution >= 0.6 is 0 Å². The normalized spacial score (nSPS) is 22.0. The van der Waals surface area contributed by atoms with Crippen molar-refractivity contribution in [3.8, 4) is 22.3 Å². The molecule has 0 heterocycles. The predicted molar refractivity (Wildman–Crippen MR) is 202 cm³/mol. The number of hydrogen-bond acceptors (Lipinski definition) is 0. The van der Waals surface area contributed by atoms with Gasteiger partial charge in [0.1, 0.15) is 0 Å². The minimum absolute atomic E-state index is 0.187. The van der Waals surface area contributed by atoms with Crippen LogP contribution in [0.25, 0.3) is 39.0 Å². The Labute approximate surface area is 283 Å². The number of hydrogen-bond donors (Lipinski definition) is 0. The van der Waals surface area contributed by atoms with Crippen LogP contribution < -0.4 is 10.4 Å². The maximum Gasteiger partial charge on any atom is 0.0143 e. The molecular weight excluding hydrogens is 577 g/mol. The van der Waals surface area contributed by atoms with E-state index in [4.69, 9.17) is 0 Å². The lowest BCUT2D eigenvalue weighted by atomic mass is 9.67. The van der Waals surface area contributed by atoms with Crippen molar-refractivity contribution in [3.63, 3.8) is 0 Å². The third-order valence-electron chi connectivity index (χ3n) is 10.4. The first-order valence-corrected chi connectivity index (χ1v) is 17.1. The average Bonchev–Trinajstić information content (AvgIpc) is 3.17. The van der Waals surface area contributed by atoms with E-state index in [9.17, 15) is 0 Å². The highest BCUT2D eigenvalue weighted by Crippen LogP contribution is 2.45. The molecule has 0 spiro atoms. The molecule has 48 heavy (non-hydrogen) atoms. The van der Waals surface area contributed by atoms with Crippen molar-refractivity contribution < 1.29 is 0 Å². The van der Waals surface area contributed by atoms with E-state index in [1.165, 1.54) is 66.1 Å². The monoisotopic (exact) mass is 612 g/mol. The summed E-state index contributed by atoms with van der Waals surface area (Å²) in [7, 11) is 0. The number of allylic oxidation sites excluding steroid dienone is 12. The van der Waals surface area contributed by atoms with Gasteiger partial charge in [0.05, 0.1) is 0 Å². The Morgan fingerprint density at radius 1 is 0.333 bits per heavy atom. The lowest BCUT2D eigenvalue weighted by Gasteiger charge is -2.36. The number of rotatable bonds is 5. The van der Waals surface area contributed by atoms with Crippen molar-refractivity contribution in [2.24, 2.45) is 23.7 Å². The zero-order chi connectivity index (χ0) is 31.9. The fourth-order valence-corrected chi connectivity index (χ4v) is 8.04. The summed E-state index contributed by atoms with van der Waals surface area (Å²) in [6.45, 7) is 0. The molecule has 0 saturated carbocycles. The van der Waals surface area contributed by atoms with Gasteiger partial charge in [-0.05, 0) is 72.2 Å². The summed E-state index contributed by atoms with van der Waals surface area (Å²) in [5, 5.41) is 2.67. The van der Waals surface area contributed by atoms with Crippen LogP contribution in [0.15, 0.2) is 200 Å². The first-order valence-electron chi connectivity index (χ1n) is 17.1. The Balaban J connectivity index is 1.31. The number of benzene rings is 5. The molecule has 5 aromatic rings. The van der Waals surface area contributed by atoms with E-state index in [0.717, 1.165) is 0 Å². The van der Waals surface area contributed by atoms with Crippen LogP contribution in [0.5, 0.6) is 0 Å². The molecule has 0 heteroatoms. The quantitative estimate of drug-likeness (QED) is 0.185. The second-order valence-corrected chi connectivity index (χ2v) is 13.2. The van der Waals surface area contributed by atoms with Gasteiger partial charge in [-0.25, -0.2) is 0 Å². The SMILES string of the molecule is C1=CC2C=CC(C3=c4cc(-c5ccccc5)ccc4=C(c4ccc(-c5ccccc5)cc4)C4C=C(c5ccccc5)C=CC34)=CC2C=C1. The van der Waals surface area contributed by atoms with Crippen molar-refractivity contribution in [3.05, 3.63) is 221 Å². The minimum atomic E-state index is 0.187. The topological polar surface area (TPSA) is 0 Å². The Bertz CT molecular complexity index is 2310. The van der Waals surface area contributed by atoms with Gasteiger partial charge in [0.25, 0.3) is 0 Å². The van der Waals surface area contributed by atoms with Gasteiger partial charge >= 0.3 is 0 Å². The predicted octanol–water partition coefficient (Wildman–Crippen LogP) is 10.1. The van der Waals surface area contributed by atoms with Crippen LogP contribution in [0.1, 0.15) is 11.1 Å². The molecule has 0 aromatic heterocycles. The van der Waals surface area contributed by atoms with E-state index in [2.05, 4.69) is 194 Å². The molecule has 4 unspecified atom stereocenters. The third kappa shape index (κ3) is 5.11. The molecule has 9 rings (SSSR count). The molecule has 0 nitrogen and oxygen atoms in total. The largest absolute Gasteiger partial charge is 0.0767 e. The highest BCUT2D eigenvalue weighted by atomic mass is 14.4. The standard InChI is InChI=1S/C48H36/c1-4-12-33(13-5-1)37-20-23-38(24-21-37)47-43-28-26-41(35-16-8-3-9-17-35)32-46(43)48(42-25-22-36-18-10-11-19-39(36)30-42)44-29-27-40(31-45(44)47)34-14-6-2-7-15-34/h1-32,36,39,44-45H. The zero-order valence-electron chi connectivity index (χ0n) is 26.8. The maximum atomic E-state index is 2.54. The van der Waals surface area contributed by atoms with Gasteiger partial charge in [-0.1, -0.05) is 188 Å². The van der Waals surface area contributed by atoms with Gasteiger partial charge < -0.3 is 0 Å². The van der Waals surface area contributed by atoms with E-state index >= 15 is 0 Å². The van der Waals surface area contributed by atoms with Gasteiger partial charge in [0.15, 0.2) is 0 Å². The third-order valence-corrected chi connectivity index (χ3v) is 10.4. The summed E-state index contributed by atoms with van der Waals surface area (Å²) in [5.74, 6) is 1.19. The lowest BCUT2D eigenvalue weighted by molar-refractivity contribution is 0.649. The first-order chi connectivity index (χ1) is 23.8. The summed E-state index contributed by atoms with van der Waals surface area (Å²) < 4.78 is 0. The highest BCUT2D eigenvalue weighted by molar-refractivity contribution is 5.88. The second-order valence-electron chi connectivity index (χ2n) is 13.2. The molecule has 0 bridgehead atoms. The summed E-state index contributed by atoms with van der Waals surface area (Å²) in [4.78, 5) is 0. The molecule has 228 valence electrons. The minimum Gasteiger partial charge on any atom is -0.0767 e. The zero-order valence-corrected chi connectivity index (χ0v) is 26.8. The molecule has 5 aromatic carbocycles. The van der Waals surface area contributed by atoms with Crippen molar-refractivity contribution in [2.45, 2.75) is 0 Å². The van der Waals surface area contributed by atoms with Crippen LogP contribution in [-0.2, 0) is 0 Å². The Hall–Kier alpha value is -5.72. The van der Waals surface area contributed by atoms with Gasteiger partial charge in [-0.3, -0.25) is 0 Å². The maximum absolute atomic E-state index is 2.54. The highest BCUT2D eigenvalue weighted by Gasteiger charge is 2.35. The second kappa shape index (κ2) is 12.1. The summed E-state index contributed by atoms with van der Waals surface area (Å²) in [5.41, 5.74) is 13.0. The molecule has 4 aliphatic carbocycles. The van der Waals surface area contributed by atoms with Crippen LogP contribution in [0.3, 0.4) is 0 Å². The Morgan fingerprint density at radius 2 is 0.896 bits per heavy atom. The molecule has 0 saturated heterocycles. The Kier molecular flexibility index (Phi) is 7.21. The Morgan fingerprint density at radius 3 is 1.60 bits per heavy atom. The van der Waals surface area contributed by atoms with E-state index in [1.807, 2.05) is 0 Å². The van der Waals surface area contributed by atoms with E-state index < -0.39 is 0 Å². The lowest BCUT2D eigenvalue weighted by Crippen LogP contribution is -2.41. The fourth-order valence-electron chi connectivity index (χ4n) is 8.04. The van der Waals surface area contributed by atoms with Crippen LogP contribution in [-0.4, -0.2) is 0 Å². The molecular formula is C48H36. The van der Waals surface area contributed by atoms with Crippen molar-refractivity contribution >= 4 is 16.7 Å². The van der Waals surface area contributed by atoms with Crippen molar-refractivity contribution in [2.75, 3.05) is 0 Å². The van der Waals surface area contributed by atoms with Crippen molar-refractivity contribution in [1.29, 1.82) is 0 Å². The molecule has 4 aliphatic rings. The molecule has 0 fully saturated rings.